The maximum atomic E-state index is 13.4. The third-order valence-electron chi connectivity index (χ3n) is 5.73. The molecule has 0 radical (unpaired) electrons. The molecule has 1 amide bonds. The number of alkyl halides is 3. The minimum atomic E-state index is -4.54. The molecule has 0 aromatic heterocycles. The Hall–Kier alpha value is -3.10. The number of nitrogens with one attached hydrogen (secondary N) is 2. The Bertz CT molecular complexity index is 978. The average molecular weight is 495 g/mol. The molecule has 192 valence electrons. The lowest BCUT2D eigenvalue weighted by molar-refractivity contribution is -0.137. The second kappa shape index (κ2) is 12.0. The predicted octanol–water partition coefficient (Wildman–Crippen LogP) is 6.90. The number of rotatable bonds is 10. The van der Waals surface area contributed by atoms with Crippen LogP contribution in [0.2, 0.25) is 0 Å². The maximum Gasteiger partial charge on any atom is 0.416 e. The Morgan fingerprint density at radius 1 is 0.886 bits per heavy atom. The van der Waals surface area contributed by atoms with Gasteiger partial charge < -0.3 is 24.8 Å². The molecule has 0 spiro atoms. The molecule has 0 saturated heterocycles. The number of amides is 1. The summed E-state index contributed by atoms with van der Waals surface area (Å²) in [6.07, 6.45) is 0.605. The highest BCUT2D eigenvalue weighted by molar-refractivity contribution is 6.06. The molecule has 6 nitrogen and oxygen atoms in total. The van der Waals surface area contributed by atoms with E-state index in [1.54, 1.807) is 13.8 Å². The van der Waals surface area contributed by atoms with Crippen molar-refractivity contribution in [3.63, 3.8) is 0 Å². The van der Waals surface area contributed by atoms with Crippen molar-refractivity contribution < 1.29 is 32.2 Å². The third kappa shape index (κ3) is 6.96. The van der Waals surface area contributed by atoms with E-state index >= 15 is 0 Å². The molecular formula is C26H33F3N2O4. The summed E-state index contributed by atoms with van der Waals surface area (Å²) in [5, 5.41) is 5.99. The second-order valence-electron chi connectivity index (χ2n) is 8.29. The number of hydrogen-bond donors (Lipinski definition) is 2. The van der Waals surface area contributed by atoms with E-state index in [1.807, 2.05) is 6.92 Å². The van der Waals surface area contributed by atoms with E-state index in [4.69, 9.17) is 14.2 Å². The van der Waals surface area contributed by atoms with E-state index in [0.29, 0.717) is 42.8 Å². The first-order chi connectivity index (χ1) is 16.8. The quantitative estimate of drug-likeness (QED) is 0.376. The first-order valence-electron chi connectivity index (χ1n) is 12.1. The fraction of sp³-hybridized carbons (Fsp3) is 0.500. The zero-order valence-electron chi connectivity index (χ0n) is 20.4. The standard InChI is InChI=1S/C26H33F3N2O4/c1-4-33-22-14-17(15-23(34-5-2)24(22)35-6-3)25(32)31-21-16-18(26(27,28)29)12-13-20(21)30-19-10-8-7-9-11-19/h12-16,19,30H,4-11H2,1-3H3,(H,31,32). The smallest absolute Gasteiger partial charge is 0.416 e. The van der Waals surface area contributed by atoms with E-state index < -0.39 is 17.6 Å². The number of benzene rings is 2. The SMILES string of the molecule is CCOc1cc(C(=O)Nc2cc(C(F)(F)F)ccc2NC2CCCCC2)cc(OCC)c1OCC. The highest BCUT2D eigenvalue weighted by Crippen LogP contribution is 2.40. The predicted molar refractivity (Wildman–Crippen MR) is 130 cm³/mol. The number of carbonyl (C=O) groups excluding carboxylic acids is 1. The summed E-state index contributed by atoms with van der Waals surface area (Å²) < 4.78 is 57.3. The average Bonchev–Trinajstić information content (AvgIpc) is 2.82. The first kappa shape index (κ1) is 26.5. The van der Waals surface area contributed by atoms with Gasteiger partial charge in [-0.05, 0) is 63.9 Å². The van der Waals surface area contributed by atoms with Crippen molar-refractivity contribution in [2.24, 2.45) is 0 Å². The molecule has 9 heteroatoms. The fourth-order valence-electron chi connectivity index (χ4n) is 4.13. The van der Waals surface area contributed by atoms with Crippen LogP contribution in [0.15, 0.2) is 30.3 Å². The highest BCUT2D eigenvalue weighted by Gasteiger charge is 2.31. The van der Waals surface area contributed by atoms with E-state index in [1.165, 1.54) is 18.2 Å². The van der Waals surface area contributed by atoms with Crippen LogP contribution in [0.25, 0.3) is 0 Å². The topological polar surface area (TPSA) is 68.8 Å². The van der Waals surface area contributed by atoms with Gasteiger partial charge in [0.25, 0.3) is 5.91 Å². The van der Waals surface area contributed by atoms with Crippen LogP contribution in [0.1, 0.15) is 68.8 Å². The zero-order valence-corrected chi connectivity index (χ0v) is 20.4. The second-order valence-corrected chi connectivity index (χ2v) is 8.29. The van der Waals surface area contributed by atoms with E-state index in [0.717, 1.165) is 44.2 Å². The molecule has 1 saturated carbocycles. The van der Waals surface area contributed by atoms with Crippen molar-refractivity contribution in [1.29, 1.82) is 0 Å². The zero-order chi connectivity index (χ0) is 25.4. The van der Waals surface area contributed by atoms with E-state index in [-0.39, 0.29) is 17.3 Å². The van der Waals surface area contributed by atoms with Gasteiger partial charge in [-0.2, -0.15) is 13.2 Å². The lowest BCUT2D eigenvalue weighted by atomic mass is 9.95. The molecule has 0 heterocycles. The fourth-order valence-corrected chi connectivity index (χ4v) is 4.13. The summed E-state index contributed by atoms with van der Waals surface area (Å²) in [5.74, 6) is 0.456. The lowest BCUT2D eigenvalue weighted by Gasteiger charge is -2.25. The molecule has 1 aliphatic rings. The minimum absolute atomic E-state index is 0.0696. The number of carbonyl (C=O) groups is 1. The van der Waals surface area contributed by atoms with Crippen LogP contribution in [-0.2, 0) is 6.18 Å². The molecule has 1 fully saturated rings. The van der Waals surface area contributed by atoms with Crippen molar-refractivity contribution >= 4 is 17.3 Å². The number of halogens is 3. The summed E-state index contributed by atoms with van der Waals surface area (Å²) in [4.78, 5) is 13.2. The first-order valence-corrected chi connectivity index (χ1v) is 12.1. The van der Waals surface area contributed by atoms with E-state index in [2.05, 4.69) is 10.6 Å². The molecule has 0 atom stereocenters. The van der Waals surface area contributed by atoms with Crippen molar-refractivity contribution in [1.82, 2.24) is 0 Å². The molecule has 0 bridgehead atoms. The van der Waals surface area contributed by atoms with Crippen LogP contribution in [0.5, 0.6) is 17.2 Å². The molecule has 2 N–H and O–H groups in total. The molecule has 0 unspecified atom stereocenters. The molecule has 0 aliphatic heterocycles. The summed E-state index contributed by atoms with van der Waals surface area (Å²) in [5.41, 5.74) is -0.125. The Kier molecular flexibility index (Phi) is 9.12. The van der Waals surface area contributed by atoms with Crippen LogP contribution < -0.4 is 24.8 Å². The van der Waals surface area contributed by atoms with Gasteiger partial charge in [0.05, 0.1) is 36.8 Å². The van der Waals surface area contributed by atoms with Crippen LogP contribution in [0.4, 0.5) is 24.5 Å². The van der Waals surface area contributed by atoms with Crippen LogP contribution >= 0.6 is 0 Å². The van der Waals surface area contributed by atoms with Crippen molar-refractivity contribution in [3.8, 4) is 17.2 Å². The molecule has 35 heavy (non-hydrogen) atoms. The van der Waals surface area contributed by atoms with E-state index in [9.17, 15) is 18.0 Å². The van der Waals surface area contributed by atoms with Gasteiger partial charge in [0.2, 0.25) is 5.75 Å². The maximum absolute atomic E-state index is 13.4. The molecule has 3 rings (SSSR count). The van der Waals surface area contributed by atoms with Gasteiger partial charge in [-0.3, -0.25) is 4.79 Å². The Labute approximate surface area is 204 Å². The summed E-state index contributed by atoms with van der Waals surface area (Å²) >= 11 is 0. The molecule has 2 aromatic rings. The van der Waals surface area contributed by atoms with Crippen LogP contribution in [0.3, 0.4) is 0 Å². The summed E-state index contributed by atoms with van der Waals surface area (Å²) in [6.45, 7) is 6.45. The van der Waals surface area contributed by atoms with Gasteiger partial charge >= 0.3 is 6.18 Å². The summed E-state index contributed by atoms with van der Waals surface area (Å²) in [6, 6.07) is 6.53. The molecule has 1 aliphatic carbocycles. The van der Waals surface area contributed by atoms with Crippen molar-refractivity contribution in [2.75, 3.05) is 30.5 Å². The van der Waals surface area contributed by atoms with Gasteiger partial charge in [-0.15, -0.1) is 0 Å². The number of hydrogen-bond acceptors (Lipinski definition) is 5. The lowest BCUT2D eigenvalue weighted by Crippen LogP contribution is -2.24. The Balaban J connectivity index is 1.96. The van der Waals surface area contributed by atoms with Gasteiger partial charge in [0.15, 0.2) is 11.5 Å². The summed E-state index contributed by atoms with van der Waals surface area (Å²) in [7, 11) is 0. The normalized spacial score (nSPS) is 14.3. The van der Waals surface area contributed by atoms with Gasteiger partial charge in [0, 0.05) is 11.6 Å². The van der Waals surface area contributed by atoms with Crippen LogP contribution in [0, 0.1) is 0 Å². The van der Waals surface area contributed by atoms with Crippen molar-refractivity contribution in [2.45, 2.75) is 65.1 Å². The minimum Gasteiger partial charge on any atom is -0.490 e. The van der Waals surface area contributed by atoms with Crippen LogP contribution in [-0.4, -0.2) is 31.8 Å². The van der Waals surface area contributed by atoms with Gasteiger partial charge in [-0.25, -0.2) is 0 Å². The number of anilines is 2. The molecular weight excluding hydrogens is 461 g/mol. The molecule has 2 aromatic carbocycles. The van der Waals surface area contributed by atoms with Gasteiger partial charge in [-0.1, -0.05) is 19.3 Å². The Morgan fingerprint density at radius 3 is 2.03 bits per heavy atom. The van der Waals surface area contributed by atoms with Crippen molar-refractivity contribution in [3.05, 3.63) is 41.5 Å². The number of ether oxygens (including phenoxy) is 3. The largest absolute Gasteiger partial charge is 0.490 e. The highest BCUT2D eigenvalue weighted by atomic mass is 19.4. The third-order valence-corrected chi connectivity index (χ3v) is 5.73. The van der Waals surface area contributed by atoms with Gasteiger partial charge in [0.1, 0.15) is 0 Å². The monoisotopic (exact) mass is 494 g/mol. The Morgan fingerprint density at radius 2 is 1.49 bits per heavy atom.